The van der Waals surface area contributed by atoms with Crippen LogP contribution in [0.2, 0.25) is 0 Å². The molecule has 0 aliphatic carbocycles. The molecule has 0 bridgehead atoms. The van der Waals surface area contributed by atoms with Crippen molar-refractivity contribution in [1.29, 1.82) is 0 Å². The van der Waals surface area contributed by atoms with Crippen molar-refractivity contribution >= 4 is 0 Å². The molecular formula is C12H16N2O. The van der Waals surface area contributed by atoms with E-state index in [1.807, 2.05) is 18.2 Å². The minimum Gasteiger partial charge on any atom is -0.376 e. The lowest BCUT2D eigenvalue weighted by molar-refractivity contribution is 0.0567. The molecule has 3 nitrogen and oxygen atoms in total. The highest BCUT2D eigenvalue weighted by Crippen LogP contribution is 2.23. The van der Waals surface area contributed by atoms with Crippen molar-refractivity contribution in [3.05, 3.63) is 35.9 Å². The van der Waals surface area contributed by atoms with Crippen molar-refractivity contribution in [2.75, 3.05) is 19.7 Å². The molecule has 0 radical (unpaired) electrons. The predicted octanol–water partition coefficient (Wildman–Crippen LogP) is 2.68. The van der Waals surface area contributed by atoms with E-state index in [0.29, 0.717) is 6.61 Å². The molecule has 0 atom stereocenters. The summed E-state index contributed by atoms with van der Waals surface area (Å²) in [7, 11) is 0. The summed E-state index contributed by atoms with van der Waals surface area (Å²) in [6.07, 6.45) is 0. The summed E-state index contributed by atoms with van der Waals surface area (Å²) in [5.74, 6) is 0. The average Bonchev–Trinajstić information content (AvgIpc) is 2.67. The van der Waals surface area contributed by atoms with E-state index in [9.17, 15) is 0 Å². The Labute approximate surface area is 90.2 Å². The van der Waals surface area contributed by atoms with Crippen LogP contribution >= 0.6 is 0 Å². The van der Waals surface area contributed by atoms with E-state index in [-0.39, 0.29) is 5.41 Å². The topological polar surface area (TPSA) is 34.0 Å². The Bertz CT molecular complexity index is 327. The highest BCUT2D eigenvalue weighted by Gasteiger charge is 2.28. The van der Waals surface area contributed by atoms with Crippen LogP contribution in [0.3, 0.4) is 0 Å². The molecule has 15 heavy (non-hydrogen) atoms. The summed E-state index contributed by atoms with van der Waals surface area (Å²) in [6.45, 7) is 5.16. The van der Waals surface area contributed by atoms with Gasteiger partial charge in [0.2, 0.25) is 0 Å². The molecule has 1 aliphatic rings. The van der Waals surface area contributed by atoms with Gasteiger partial charge in [-0.2, -0.15) is 10.2 Å². The molecular weight excluding hydrogens is 188 g/mol. The molecule has 0 saturated heterocycles. The fourth-order valence-corrected chi connectivity index (χ4v) is 1.57. The maximum atomic E-state index is 5.69. The van der Waals surface area contributed by atoms with E-state index < -0.39 is 0 Å². The SMILES string of the molecule is CC1(COCc2ccccc2)CN=NC1. The summed E-state index contributed by atoms with van der Waals surface area (Å²) in [5.41, 5.74) is 1.34. The first kappa shape index (κ1) is 10.3. The molecule has 80 valence electrons. The van der Waals surface area contributed by atoms with Gasteiger partial charge < -0.3 is 4.74 Å². The Morgan fingerprint density at radius 2 is 1.87 bits per heavy atom. The average molecular weight is 204 g/mol. The molecule has 2 rings (SSSR count). The Morgan fingerprint density at radius 1 is 1.20 bits per heavy atom. The second-order valence-electron chi connectivity index (χ2n) is 4.39. The van der Waals surface area contributed by atoms with Gasteiger partial charge in [-0.15, -0.1) is 0 Å². The molecule has 0 saturated carbocycles. The van der Waals surface area contributed by atoms with Crippen LogP contribution in [-0.2, 0) is 11.3 Å². The minimum absolute atomic E-state index is 0.120. The zero-order valence-corrected chi connectivity index (χ0v) is 9.02. The summed E-state index contributed by atoms with van der Waals surface area (Å²) in [6, 6.07) is 10.2. The van der Waals surface area contributed by atoms with Gasteiger partial charge in [-0.3, -0.25) is 0 Å². The summed E-state index contributed by atoms with van der Waals surface area (Å²) in [4.78, 5) is 0. The monoisotopic (exact) mass is 204 g/mol. The van der Waals surface area contributed by atoms with Crippen LogP contribution in [0.15, 0.2) is 40.6 Å². The lowest BCUT2D eigenvalue weighted by Crippen LogP contribution is -2.26. The number of hydrogen-bond donors (Lipinski definition) is 0. The van der Waals surface area contributed by atoms with Gasteiger partial charge >= 0.3 is 0 Å². The highest BCUT2D eigenvalue weighted by atomic mass is 16.5. The Kier molecular flexibility index (Phi) is 3.11. The maximum absolute atomic E-state index is 5.69. The molecule has 0 amide bonds. The predicted molar refractivity (Wildman–Crippen MR) is 58.8 cm³/mol. The second kappa shape index (κ2) is 4.53. The third-order valence-corrected chi connectivity index (χ3v) is 2.57. The van der Waals surface area contributed by atoms with Crippen molar-refractivity contribution in [3.8, 4) is 0 Å². The van der Waals surface area contributed by atoms with Crippen molar-refractivity contribution in [1.82, 2.24) is 0 Å². The minimum atomic E-state index is 0.120. The van der Waals surface area contributed by atoms with E-state index in [2.05, 4.69) is 29.3 Å². The first-order valence-corrected chi connectivity index (χ1v) is 5.23. The van der Waals surface area contributed by atoms with Crippen molar-refractivity contribution in [3.63, 3.8) is 0 Å². The molecule has 0 aromatic heterocycles. The van der Waals surface area contributed by atoms with Gasteiger partial charge in [0.05, 0.1) is 26.3 Å². The normalized spacial score (nSPS) is 18.2. The summed E-state index contributed by atoms with van der Waals surface area (Å²) in [5, 5.41) is 8.01. The van der Waals surface area contributed by atoms with Gasteiger partial charge in [0.15, 0.2) is 0 Å². The van der Waals surface area contributed by atoms with Gasteiger partial charge in [0.1, 0.15) is 0 Å². The number of azo groups is 1. The van der Waals surface area contributed by atoms with Crippen LogP contribution < -0.4 is 0 Å². The Hall–Kier alpha value is -1.22. The largest absolute Gasteiger partial charge is 0.376 e. The lowest BCUT2D eigenvalue weighted by atomic mass is 9.93. The summed E-state index contributed by atoms with van der Waals surface area (Å²) >= 11 is 0. The van der Waals surface area contributed by atoms with E-state index >= 15 is 0 Å². The fourth-order valence-electron chi connectivity index (χ4n) is 1.57. The number of benzene rings is 1. The lowest BCUT2D eigenvalue weighted by Gasteiger charge is -2.20. The van der Waals surface area contributed by atoms with Gasteiger partial charge in [0, 0.05) is 5.41 Å². The van der Waals surface area contributed by atoms with Gasteiger partial charge in [0.25, 0.3) is 0 Å². The summed E-state index contributed by atoms with van der Waals surface area (Å²) < 4.78 is 5.69. The van der Waals surface area contributed by atoms with Crippen LogP contribution in [0, 0.1) is 5.41 Å². The molecule has 1 aromatic carbocycles. The Morgan fingerprint density at radius 3 is 2.53 bits per heavy atom. The zero-order valence-electron chi connectivity index (χ0n) is 9.02. The molecule has 1 aromatic rings. The quantitative estimate of drug-likeness (QED) is 0.742. The number of ether oxygens (including phenoxy) is 1. The van der Waals surface area contributed by atoms with E-state index in [4.69, 9.17) is 4.74 Å². The van der Waals surface area contributed by atoms with Gasteiger partial charge in [-0.1, -0.05) is 37.3 Å². The van der Waals surface area contributed by atoms with Crippen molar-refractivity contribution < 1.29 is 4.74 Å². The standard InChI is InChI=1S/C12H16N2O/c1-12(8-13-14-9-12)10-15-7-11-5-3-2-4-6-11/h2-6H,7-10H2,1H3. The van der Waals surface area contributed by atoms with Crippen LogP contribution in [0.25, 0.3) is 0 Å². The molecule has 1 heterocycles. The van der Waals surface area contributed by atoms with Gasteiger partial charge in [-0.25, -0.2) is 0 Å². The van der Waals surface area contributed by atoms with E-state index in [0.717, 1.165) is 19.7 Å². The fraction of sp³-hybridized carbons (Fsp3) is 0.500. The maximum Gasteiger partial charge on any atom is 0.0717 e. The molecule has 0 N–H and O–H groups in total. The molecule has 3 heteroatoms. The smallest absolute Gasteiger partial charge is 0.0717 e. The van der Waals surface area contributed by atoms with Crippen LogP contribution in [0.4, 0.5) is 0 Å². The van der Waals surface area contributed by atoms with Crippen LogP contribution in [0.1, 0.15) is 12.5 Å². The Balaban J connectivity index is 1.76. The van der Waals surface area contributed by atoms with Crippen molar-refractivity contribution in [2.24, 2.45) is 15.6 Å². The van der Waals surface area contributed by atoms with Crippen molar-refractivity contribution in [2.45, 2.75) is 13.5 Å². The van der Waals surface area contributed by atoms with E-state index in [1.54, 1.807) is 0 Å². The molecule has 0 unspecified atom stereocenters. The molecule has 1 aliphatic heterocycles. The third kappa shape index (κ3) is 2.86. The van der Waals surface area contributed by atoms with E-state index in [1.165, 1.54) is 5.56 Å². The third-order valence-electron chi connectivity index (χ3n) is 2.57. The number of hydrogen-bond acceptors (Lipinski definition) is 3. The van der Waals surface area contributed by atoms with Gasteiger partial charge in [-0.05, 0) is 5.56 Å². The van der Waals surface area contributed by atoms with Crippen LogP contribution in [0.5, 0.6) is 0 Å². The molecule has 0 spiro atoms. The highest BCUT2D eigenvalue weighted by molar-refractivity contribution is 5.13. The zero-order chi connectivity index (χ0) is 10.6. The molecule has 0 fully saturated rings. The van der Waals surface area contributed by atoms with Crippen LogP contribution in [-0.4, -0.2) is 19.7 Å². The number of nitrogens with zero attached hydrogens (tertiary/aromatic N) is 2. The first-order valence-electron chi connectivity index (χ1n) is 5.23. The number of rotatable bonds is 4. The first-order chi connectivity index (χ1) is 7.29. The second-order valence-corrected chi connectivity index (χ2v) is 4.39.